The molecule has 0 aliphatic carbocycles. The summed E-state index contributed by atoms with van der Waals surface area (Å²) >= 11 is 0. The molecule has 1 aliphatic heterocycles. The van der Waals surface area contributed by atoms with Gasteiger partial charge in [0.1, 0.15) is 0 Å². The summed E-state index contributed by atoms with van der Waals surface area (Å²) in [5.41, 5.74) is 4.03. The minimum absolute atomic E-state index is 0.111. The Hall–Kier alpha value is -2.20. The number of benzene rings is 2. The number of allylic oxidation sites excluding steroid dienone is 2. The van der Waals surface area contributed by atoms with E-state index in [2.05, 4.69) is 6.58 Å². The summed E-state index contributed by atoms with van der Waals surface area (Å²) in [5, 5.41) is 11.1. The van der Waals surface area contributed by atoms with E-state index < -0.39 is 5.79 Å². The van der Waals surface area contributed by atoms with Crippen LogP contribution in [0.5, 0.6) is 0 Å². The molecule has 0 radical (unpaired) electrons. The van der Waals surface area contributed by atoms with Gasteiger partial charge in [-0.1, -0.05) is 73.3 Å². The van der Waals surface area contributed by atoms with Crippen LogP contribution in [-0.2, 0) is 21.9 Å². The maximum atomic E-state index is 11.1. The zero-order valence-corrected chi connectivity index (χ0v) is 15.2. The molecule has 0 saturated carbocycles. The standard InChI is InChI=1S/C23H26O3/c1-3-4-12-21-18(2)9-8-13-22(21)23(24)15-14-20(26-23)17-25-16-19-10-6-5-7-11-19/h3-13,20,24H,1,14-17H2,2H3/b12-4-. The molecule has 136 valence electrons. The molecular weight excluding hydrogens is 324 g/mol. The molecule has 2 aromatic rings. The van der Waals surface area contributed by atoms with Crippen molar-refractivity contribution in [3.63, 3.8) is 0 Å². The lowest BCUT2D eigenvalue weighted by atomic mass is 9.93. The molecule has 3 rings (SSSR count). The van der Waals surface area contributed by atoms with Crippen molar-refractivity contribution >= 4 is 6.08 Å². The predicted molar refractivity (Wildman–Crippen MR) is 105 cm³/mol. The van der Waals surface area contributed by atoms with E-state index >= 15 is 0 Å². The minimum Gasteiger partial charge on any atom is -0.374 e. The van der Waals surface area contributed by atoms with E-state index in [-0.39, 0.29) is 6.10 Å². The molecule has 2 aromatic carbocycles. The largest absolute Gasteiger partial charge is 0.374 e. The van der Waals surface area contributed by atoms with Gasteiger partial charge in [-0.2, -0.15) is 0 Å². The van der Waals surface area contributed by atoms with Crippen molar-refractivity contribution in [1.29, 1.82) is 0 Å². The molecule has 1 saturated heterocycles. The molecule has 0 bridgehead atoms. The first-order valence-electron chi connectivity index (χ1n) is 9.03. The Balaban J connectivity index is 1.66. The predicted octanol–water partition coefficient (Wildman–Crippen LogP) is 4.74. The van der Waals surface area contributed by atoms with E-state index in [0.29, 0.717) is 19.6 Å². The molecule has 1 aliphatic rings. The van der Waals surface area contributed by atoms with Gasteiger partial charge < -0.3 is 14.6 Å². The van der Waals surface area contributed by atoms with E-state index in [4.69, 9.17) is 9.47 Å². The number of hydrogen-bond acceptors (Lipinski definition) is 3. The Morgan fingerprint density at radius 1 is 1.23 bits per heavy atom. The quantitative estimate of drug-likeness (QED) is 0.733. The first kappa shape index (κ1) is 18.6. The van der Waals surface area contributed by atoms with Crippen LogP contribution in [0, 0.1) is 6.92 Å². The second-order valence-corrected chi connectivity index (χ2v) is 6.69. The van der Waals surface area contributed by atoms with Gasteiger partial charge in [-0.3, -0.25) is 0 Å². The maximum Gasteiger partial charge on any atom is 0.193 e. The lowest BCUT2D eigenvalue weighted by Gasteiger charge is -2.26. The minimum atomic E-state index is -1.27. The highest BCUT2D eigenvalue weighted by atomic mass is 16.6. The van der Waals surface area contributed by atoms with Crippen molar-refractivity contribution in [3.8, 4) is 0 Å². The van der Waals surface area contributed by atoms with Gasteiger partial charge in [0.2, 0.25) is 0 Å². The summed E-state index contributed by atoms with van der Waals surface area (Å²) in [6.07, 6.45) is 6.80. The van der Waals surface area contributed by atoms with Gasteiger partial charge >= 0.3 is 0 Å². The van der Waals surface area contributed by atoms with Crippen molar-refractivity contribution < 1.29 is 14.6 Å². The number of ether oxygens (including phenoxy) is 2. The molecule has 2 atom stereocenters. The summed E-state index contributed by atoms with van der Waals surface area (Å²) in [6, 6.07) is 16.0. The van der Waals surface area contributed by atoms with Gasteiger partial charge in [-0.05, 0) is 30.0 Å². The topological polar surface area (TPSA) is 38.7 Å². The average Bonchev–Trinajstić information content (AvgIpc) is 3.04. The van der Waals surface area contributed by atoms with Crippen molar-refractivity contribution in [2.75, 3.05) is 6.61 Å². The van der Waals surface area contributed by atoms with Crippen LogP contribution < -0.4 is 0 Å². The number of hydrogen-bond donors (Lipinski definition) is 1. The maximum absolute atomic E-state index is 11.1. The highest BCUT2D eigenvalue weighted by Gasteiger charge is 2.41. The molecule has 0 aromatic heterocycles. The molecular formula is C23H26O3. The number of aliphatic hydroxyl groups is 1. The van der Waals surface area contributed by atoms with Gasteiger partial charge in [0.05, 0.1) is 19.3 Å². The zero-order valence-electron chi connectivity index (χ0n) is 15.2. The van der Waals surface area contributed by atoms with Crippen LogP contribution in [0.1, 0.15) is 35.1 Å². The van der Waals surface area contributed by atoms with Gasteiger partial charge in [0.25, 0.3) is 0 Å². The van der Waals surface area contributed by atoms with E-state index in [1.807, 2.05) is 67.6 Å². The fourth-order valence-corrected chi connectivity index (χ4v) is 3.35. The summed E-state index contributed by atoms with van der Waals surface area (Å²) in [4.78, 5) is 0. The number of aryl methyl sites for hydroxylation is 1. The molecule has 26 heavy (non-hydrogen) atoms. The van der Waals surface area contributed by atoms with Gasteiger partial charge in [-0.25, -0.2) is 0 Å². The molecule has 3 nitrogen and oxygen atoms in total. The Kier molecular flexibility index (Phi) is 6.04. The zero-order chi connectivity index (χ0) is 18.4. The summed E-state index contributed by atoms with van der Waals surface area (Å²) in [6.45, 7) is 6.78. The van der Waals surface area contributed by atoms with Crippen molar-refractivity contribution in [2.24, 2.45) is 0 Å². The fourth-order valence-electron chi connectivity index (χ4n) is 3.35. The third kappa shape index (κ3) is 4.31. The lowest BCUT2D eigenvalue weighted by Crippen LogP contribution is -2.28. The third-order valence-electron chi connectivity index (χ3n) is 4.73. The molecule has 2 unspecified atom stereocenters. The molecule has 1 heterocycles. The smallest absolute Gasteiger partial charge is 0.193 e. The molecule has 0 amide bonds. The van der Waals surface area contributed by atoms with Crippen LogP contribution in [0.4, 0.5) is 0 Å². The fraction of sp³-hybridized carbons (Fsp3) is 0.304. The molecule has 3 heteroatoms. The second kappa shape index (κ2) is 8.45. The third-order valence-corrected chi connectivity index (χ3v) is 4.73. The van der Waals surface area contributed by atoms with Crippen molar-refractivity contribution in [1.82, 2.24) is 0 Å². The highest BCUT2D eigenvalue weighted by Crippen LogP contribution is 2.39. The van der Waals surface area contributed by atoms with E-state index in [1.165, 1.54) is 0 Å². The summed E-state index contributed by atoms with van der Waals surface area (Å²) in [7, 11) is 0. The van der Waals surface area contributed by atoms with Gasteiger partial charge in [-0.15, -0.1) is 0 Å². The average molecular weight is 350 g/mol. The van der Waals surface area contributed by atoms with Gasteiger partial charge in [0, 0.05) is 12.0 Å². The normalized spacial score (nSPS) is 22.8. The van der Waals surface area contributed by atoms with Gasteiger partial charge in [0.15, 0.2) is 5.79 Å². The molecule has 0 spiro atoms. The Bertz CT molecular complexity index is 766. The molecule has 1 N–H and O–H groups in total. The first-order valence-corrected chi connectivity index (χ1v) is 9.03. The number of rotatable bonds is 7. The Labute approximate surface area is 155 Å². The van der Waals surface area contributed by atoms with E-state index in [9.17, 15) is 5.11 Å². The van der Waals surface area contributed by atoms with Crippen LogP contribution >= 0.6 is 0 Å². The molecule has 1 fully saturated rings. The van der Waals surface area contributed by atoms with E-state index in [0.717, 1.165) is 28.7 Å². The van der Waals surface area contributed by atoms with Crippen LogP contribution in [0.25, 0.3) is 6.08 Å². The Morgan fingerprint density at radius 2 is 2.04 bits per heavy atom. The van der Waals surface area contributed by atoms with Crippen LogP contribution in [0.2, 0.25) is 0 Å². The van der Waals surface area contributed by atoms with Crippen molar-refractivity contribution in [3.05, 3.63) is 89.5 Å². The summed E-state index contributed by atoms with van der Waals surface area (Å²) < 4.78 is 11.8. The monoisotopic (exact) mass is 350 g/mol. The second-order valence-electron chi connectivity index (χ2n) is 6.69. The Morgan fingerprint density at radius 3 is 2.81 bits per heavy atom. The highest BCUT2D eigenvalue weighted by molar-refractivity contribution is 5.60. The summed E-state index contributed by atoms with van der Waals surface area (Å²) in [5.74, 6) is -1.27. The van der Waals surface area contributed by atoms with Crippen LogP contribution in [-0.4, -0.2) is 17.8 Å². The van der Waals surface area contributed by atoms with Crippen molar-refractivity contribution in [2.45, 2.75) is 38.3 Å². The SMILES string of the molecule is C=C/C=C\c1c(C)cccc1C1(O)CCC(COCc2ccccc2)O1. The first-order chi connectivity index (χ1) is 12.6. The van der Waals surface area contributed by atoms with E-state index in [1.54, 1.807) is 6.08 Å². The van der Waals surface area contributed by atoms with Crippen LogP contribution in [0.3, 0.4) is 0 Å². The van der Waals surface area contributed by atoms with Crippen LogP contribution in [0.15, 0.2) is 67.3 Å². The lowest BCUT2D eigenvalue weighted by molar-refractivity contribution is -0.208.